The Morgan fingerprint density at radius 2 is 0.684 bits per heavy atom. The van der Waals surface area contributed by atoms with E-state index in [1.807, 2.05) is 0 Å². The lowest BCUT2D eigenvalue weighted by atomic mass is 9.92. The number of thiophene rings is 1. The van der Waals surface area contributed by atoms with Crippen molar-refractivity contribution >= 4 is 53.2 Å². The van der Waals surface area contributed by atoms with E-state index in [-0.39, 0.29) is 0 Å². The molecule has 0 radical (unpaired) electrons. The third kappa shape index (κ3) is 5.88. The summed E-state index contributed by atoms with van der Waals surface area (Å²) in [5.74, 6) is 0.725. The van der Waals surface area contributed by atoms with E-state index in [9.17, 15) is 0 Å². The first-order valence-corrected chi connectivity index (χ1v) is 20.1. The van der Waals surface area contributed by atoms with Gasteiger partial charge in [-0.15, -0.1) is 11.3 Å². The fourth-order valence-corrected chi connectivity index (χ4v) is 9.57. The van der Waals surface area contributed by atoms with Crippen molar-refractivity contribution in [2.45, 2.75) is 0 Å². The largest absolute Gasteiger partial charge is 0.227 e. The van der Waals surface area contributed by atoms with Gasteiger partial charge in [0.1, 0.15) is 4.83 Å². The summed E-state index contributed by atoms with van der Waals surface area (Å²) in [6.45, 7) is 0. The van der Waals surface area contributed by atoms with Crippen LogP contribution in [-0.2, 0) is 0 Å². The molecule has 11 rings (SSSR count). The third-order valence-corrected chi connectivity index (χ3v) is 12.2. The van der Waals surface area contributed by atoms with Crippen molar-refractivity contribution in [2.24, 2.45) is 0 Å². The summed E-state index contributed by atoms with van der Waals surface area (Å²) >= 11 is 1.77. The minimum Gasteiger partial charge on any atom is -0.227 e. The van der Waals surface area contributed by atoms with E-state index in [1.54, 1.807) is 11.3 Å². The number of hydrogen-bond acceptors (Lipinski definition) is 3. The van der Waals surface area contributed by atoms with Gasteiger partial charge in [0.05, 0.1) is 5.69 Å². The first-order valence-electron chi connectivity index (χ1n) is 19.3. The topological polar surface area (TPSA) is 25.8 Å². The van der Waals surface area contributed by atoms with E-state index < -0.39 is 0 Å². The van der Waals surface area contributed by atoms with E-state index in [1.165, 1.54) is 65.0 Å². The highest BCUT2D eigenvalue weighted by molar-refractivity contribution is 7.26. The Balaban J connectivity index is 1.06. The summed E-state index contributed by atoms with van der Waals surface area (Å²) in [6.07, 6.45) is 0. The molecule has 0 bridgehead atoms. The van der Waals surface area contributed by atoms with Crippen molar-refractivity contribution in [1.29, 1.82) is 0 Å². The molecule has 0 aliphatic rings. The molecule has 266 valence electrons. The second kappa shape index (κ2) is 13.8. The smallest absolute Gasteiger partial charge is 0.161 e. The highest BCUT2D eigenvalue weighted by atomic mass is 32.1. The molecule has 2 heterocycles. The molecule has 2 nitrogen and oxygen atoms in total. The van der Waals surface area contributed by atoms with Gasteiger partial charge in [0.2, 0.25) is 0 Å². The zero-order chi connectivity index (χ0) is 37.7. The summed E-state index contributed by atoms with van der Waals surface area (Å²) in [5.41, 5.74) is 12.4. The van der Waals surface area contributed by atoms with Crippen molar-refractivity contribution < 1.29 is 0 Å². The van der Waals surface area contributed by atoms with Crippen LogP contribution in [0.15, 0.2) is 206 Å². The molecule has 9 aromatic carbocycles. The molecule has 3 heteroatoms. The predicted molar refractivity (Wildman–Crippen MR) is 243 cm³/mol. The molecule has 0 amide bonds. The Hall–Kier alpha value is -7.20. The van der Waals surface area contributed by atoms with Crippen molar-refractivity contribution in [2.75, 3.05) is 0 Å². The van der Waals surface area contributed by atoms with Gasteiger partial charge in [0, 0.05) is 32.0 Å². The Morgan fingerprint density at radius 3 is 1.28 bits per heavy atom. The molecule has 0 spiro atoms. The standard InChI is InChI=1S/C54H34N2S/c1-4-16-35(17-5-1)42-32-43(36-18-6-2-7-19-36)34-44(33-42)40-24-14-22-38(30-40)39-23-15-25-41(31-39)53-55-51(37-20-8-3-9-21-37)50-49-47-28-12-10-26-45(47)46-27-11-13-29-48(46)52(49)57-54(50)56-53/h1-34H. The Bertz CT molecular complexity index is 3220. The molecule has 57 heavy (non-hydrogen) atoms. The van der Waals surface area contributed by atoms with Gasteiger partial charge in [-0.3, -0.25) is 0 Å². The summed E-state index contributed by atoms with van der Waals surface area (Å²) in [5, 5.41) is 7.34. The van der Waals surface area contributed by atoms with Crippen molar-refractivity contribution in [3.05, 3.63) is 206 Å². The normalized spacial score (nSPS) is 11.5. The zero-order valence-electron chi connectivity index (χ0n) is 30.9. The van der Waals surface area contributed by atoms with Crippen LogP contribution in [0.4, 0.5) is 0 Å². The molecular weight excluding hydrogens is 709 g/mol. The van der Waals surface area contributed by atoms with E-state index in [0.29, 0.717) is 0 Å². The highest BCUT2D eigenvalue weighted by Gasteiger charge is 2.21. The Kier molecular flexibility index (Phi) is 8.04. The summed E-state index contributed by atoms with van der Waals surface area (Å²) in [6, 6.07) is 73.9. The lowest BCUT2D eigenvalue weighted by Gasteiger charge is -2.13. The van der Waals surface area contributed by atoms with Crippen LogP contribution in [0.5, 0.6) is 0 Å². The lowest BCUT2D eigenvalue weighted by Crippen LogP contribution is -1.94. The molecule has 0 unspecified atom stereocenters. The predicted octanol–water partition coefficient (Wildman–Crippen LogP) is 15.2. The minimum absolute atomic E-state index is 0.725. The first-order chi connectivity index (χ1) is 28.2. The molecular formula is C54H34N2S. The van der Waals surface area contributed by atoms with Crippen LogP contribution < -0.4 is 0 Å². The molecule has 0 aliphatic carbocycles. The summed E-state index contributed by atoms with van der Waals surface area (Å²) in [7, 11) is 0. The summed E-state index contributed by atoms with van der Waals surface area (Å²) in [4.78, 5) is 11.8. The maximum Gasteiger partial charge on any atom is 0.161 e. The van der Waals surface area contributed by atoms with Crippen molar-refractivity contribution in [3.8, 4) is 67.2 Å². The van der Waals surface area contributed by atoms with Crippen molar-refractivity contribution in [3.63, 3.8) is 0 Å². The Labute approximate surface area is 335 Å². The summed E-state index contributed by atoms with van der Waals surface area (Å²) < 4.78 is 1.25. The molecule has 11 aromatic rings. The third-order valence-electron chi connectivity index (χ3n) is 11.1. The monoisotopic (exact) mass is 742 g/mol. The molecule has 0 saturated carbocycles. The molecule has 0 atom stereocenters. The average molecular weight is 743 g/mol. The van der Waals surface area contributed by atoms with Crippen LogP contribution in [0.2, 0.25) is 0 Å². The second-order valence-corrected chi connectivity index (χ2v) is 15.5. The average Bonchev–Trinajstić information content (AvgIpc) is 3.70. The van der Waals surface area contributed by atoms with Crippen LogP contribution in [-0.4, -0.2) is 9.97 Å². The van der Waals surface area contributed by atoms with Crippen molar-refractivity contribution in [1.82, 2.24) is 9.97 Å². The molecule has 0 aliphatic heterocycles. The SMILES string of the molecule is c1ccc(-c2cc(-c3ccccc3)cc(-c3cccc(-c4cccc(-c5nc(-c6ccccc6)c6c(n5)sc5c7ccccc7c7ccccc7c56)c4)c3)c2)cc1. The van der Waals surface area contributed by atoms with Gasteiger partial charge >= 0.3 is 0 Å². The molecule has 2 aromatic heterocycles. The van der Waals surface area contributed by atoms with Crippen LogP contribution in [0, 0.1) is 0 Å². The van der Waals surface area contributed by atoms with Gasteiger partial charge in [0.25, 0.3) is 0 Å². The van der Waals surface area contributed by atoms with E-state index in [0.717, 1.165) is 44.0 Å². The number of rotatable bonds is 6. The van der Waals surface area contributed by atoms with Gasteiger partial charge in [-0.05, 0) is 91.0 Å². The van der Waals surface area contributed by atoms with E-state index in [4.69, 9.17) is 9.97 Å². The van der Waals surface area contributed by atoms with Gasteiger partial charge in [0.15, 0.2) is 5.82 Å². The van der Waals surface area contributed by atoms with Crippen LogP contribution in [0.1, 0.15) is 0 Å². The van der Waals surface area contributed by atoms with Gasteiger partial charge < -0.3 is 0 Å². The maximum absolute atomic E-state index is 5.42. The molecule has 0 N–H and O–H groups in total. The second-order valence-electron chi connectivity index (χ2n) is 14.5. The number of nitrogens with zero attached hydrogens (tertiary/aromatic N) is 2. The van der Waals surface area contributed by atoms with Crippen LogP contribution >= 0.6 is 11.3 Å². The van der Waals surface area contributed by atoms with Gasteiger partial charge in [-0.25, -0.2) is 9.97 Å². The molecule has 0 fully saturated rings. The fourth-order valence-electron chi connectivity index (χ4n) is 8.34. The highest BCUT2D eigenvalue weighted by Crippen LogP contribution is 2.46. The van der Waals surface area contributed by atoms with Crippen LogP contribution in [0.25, 0.3) is 109 Å². The Morgan fingerprint density at radius 1 is 0.281 bits per heavy atom. The quantitative estimate of drug-likeness (QED) is 0.159. The molecule has 0 saturated heterocycles. The lowest BCUT2D eigenvalue weighted by molar-refractivity contribution is 1.24. The number of aromatic nitrogens is 2. The van der Waals surface area contributed by atoms with E-state index in [2.05, 4.69) is 206 Å². The fraction of sp³-hybridized carbons (Fsp3) is 0. The van der Waals surface area contributed by atoms with Gasteiger partial charge in [-0.1, -0.05) is 176 Å². The number of fused-ring (bicyclic) bond motifs is 8. The zero-order valence-corrected chi connectivity index (χ0v) is 31.7. The minimum atomic E-state index is 0.725. The number of benzene rings is 9. The van der Waals surface area contributed by atoms with Crippen LogP contribution in [0.3, 0.4) is 0 Å². The van der Waals surface area contributed by atoms with Gasteiger partial charge in [-0.2, -0.15) is 0 Å². The van der Waals surface area contributed by atoms with E-state index >= 15 is 0 Å². The number of hydrogen-bond donors (Lipinski definition) is 0. The first kappa shape index (κ1) is 33.2. The maximum atomic E-state index is 5.42.